The van der Waals surface area contributed by atoms with Crippen molar-refractivity contribution in [2.45, 2.75) is 69.6 Å². The van der Waals surface area contributed by atoms with E-state index >= 15 is 0 Å². The zero-order chi connectivity index (χ0) is 16.4. The third-order valence-corrected chi connectivity index (χ3v) is 6.26. The number of nitrogens with two attached hydrogens (primary N) is 1. The maximum absolute atomic E-state index is 6.18. The van der Waals surface area contributed by atoms with Gasteiger partial charge in [0.25, 0.3) is 0 Å². The van der Waals surface area contributed by atoms with Gasteiger partial charge in [-0.25, -0.2) is 4.98 Å². The third kappa shape index (κ3) is 2.99. The Bertz CT molecular complexity index is 569. The minimum Gasteiger partial charge on any atom is -0.368 e. The fourth-order valence-corrected chi connectivity index (χ4v) is 5.08. The van der Waals surface area contributed by atoms with Crippen molar-refractivity contribution in [2.24, 2.45) is 0 Å². The van der Waals surface area contributed by atoms with Crippen LogP contribution in [0.25, 0.3) is 0 Å². The van der Waals surface area contributed by atoms with E-state index in [1.165, 1.54) is 69.0 Å². The molecule has 5 heteroatoms. The molecular formula is C19H31N5. The van der Waals surface area contributed by atoms with Gasteiger partial charge in [-0.15, -0.1) is 0 Å². The average molecular weight is 329 g/mol. The van der Waals surface area contributed by atoms with Crippen molar-refractivity contribution in [3.8, 4) is 0 Å². The summed E-state index contributed by atoms with van der Waals surface area (Å²) < 4.78 is 0. The largest absolute Gasteiger partial charge is 0.368 e. The Kier molecular flexibility index (Phi) is 4.61. The van der Waals surface area contributed by atoms with Crippen molar-refractivity contribution in [2.75, 3.05) is 36.8 Å². The molecule has 1 saturated heterocycles. The topological polar surface area (TPSA) is 67.1 Å². The summed E-state index contributed by atoms with van der Waals surface area (Å²) in [5, 5.41) is 3.53. The van der Waals surface area contributed by atoms with E-state index in [0.717, 1.165) is 38.4 Å². The van der Waals surface area contributed by atoms with Gasteiger partial charge in [0.15, 0.2) is 0 Å². The number of rotatable bonds is 1. The second kappa shape index (κ2) is 6.87. The van der Waals surface area contributed by atoms with Crippen molar-refractivity contribution in [3.63, 3.8) is 0 Å². The van der Waals surface area contributed by atoms with Crippen LogP contribution in [0.1, 0.15) is 69.0 Å². The summed E-state index contributed by atoms with van der Waals surface area (Å²) in [5.74, 6) is 1.64. The zero-order valence-corrected chi connectivity index (χ0v) is 14.8. The first-order valence-electron chi connectivity index (χ1n) is 9.91. The maximum Gasteiger partial charge on any atom is 0.222 e. The van der Waals surface area contributed by atoms with Gasteiger partial charge in [-0.2, -0.15) is 4.98 Å². The van der Waals surface area contributed by atoms with Gasteiger partial charge >= 0.3 is 0 Å². The molecule has 0 unspecified atom stereocenters. The normalized spacial score (nSPS) is 24.2. The van der Waals surface area contributed by atoms with E-state index in [0.29, 0.717) is 11.4 Å². The Morgan fingerprint density at radius 1 is 0.875 bits per heavy atom. The first kappa shape index (κ1) is 16.1. The molecular weight excluding hydrogens is 298 g/mol. The van der Waals surface area contributed by atoms with Crippen molar-refractivity contribution >= 4 is 11.8 Å². The van der Waals surface area contributed by atoms with E-state index < -0.39 is 0 Å². The Hall–Kier alpha value is -1.36. The van der Waals surface area contributed by atoms with Crippen LogP contribution in [0.5, 0.6) is 0 Å². The number of nitrogens with one attached hydrogen (secondary N) is 1. The van der Waals surface area contributed by atoms with E-state index in [4.69, 9.17) is 15.7 Å². The van der Waals surface area contributed by atoms with Crippen LogP contribution in [0.15, 0.2) is 0 Å². The summed E-state index contributed by atoms with van der Waals surface area (Å²) in [6.07, 6.45) is 12.6. The molecule has 1 aromatic heterocycles. The lowest BCUT2D eigenvalue weighted by atomic mass is 9.71. The van der Waals surface area contributed by atoms with Crippen LogP contribution in [-0.2, 0) is 11.8 Å². The monoisotopic (exact) mass is 329 g/mol. The van der Waals surface area contributed by atoms with Crippen LogP contribution in [-0.4, -0.2) is 36.1 Å². The molecule has 5 nitrogen and oxygen atoms in total. The Morgan fingerprint density at radius 2 is 1.62 bits per heavy atom. The van der Waals surface area contributed by atoms with Crippen LogP contribution >= 0.6 is 0 Å². The van der Waals surface area contributed by atoms with E-state index in [1.54, 1.807) is 0 Å². The fourth-order valence-electron chi connectivity index (χ4n) is 5.08. The molecule has 2 fully saturated rings. The first-order valence-corrected chi connectivity index (χ1v) is 9.91. The van der Waals surface area contributed by atoms with Gasteiger partial charge in [-0.05, 0) is 64.5 Å². The van der Waals surface area contributed by atoms with Crippen molar-refractivity contribution in [1.29, 1.82) is 0 Å². The highest BCUT2D eigenvalue weighted by Crippen LogP contribution is 2.49. The summed E-state index contributed by atoms with van der Waals surface area (Å²) in [6.45, 7) is 4.41. The molecule has 24 heavy (non-hydrogen) atoms. The van der Waals surface area contributed by atoms with Crippen LogP contribution in [0.3, 0.4) is 0 Å². The number of nitrogens with zero attached hydrogens (tertiary/aromatic N) is 3. The Balaban J connectivity index is 1.71. The molecule has 1 saturated carbocycles. The number of fused-ring (bicyclic) bond motifs is 2. The van der Waals surface area contributed by atoms with Gasteiger partial charge in [-0.3, -0.25) is 0 Å². The summed E-state index contributed by atoms with van der Waals surface area (Å²) >= 11 is 0. The maximum atomic E-state index is 6.18. The molecule has 2 aliphatic carbocycles. The summed E-state index contributed by atoms with van der Waals surface area (Å²) in [7, 11) is 0. The van der Waals surface area contributed by atoms with Gasteiger partial charge in [0, 0.05) is 24.1 Å². The zero-order valence-electron chi connectivity index (χ0n) is 14.8. The van der Waals surface area contributed by atoms with E-state index in [1.807, 2.05) is 0 Å². The van der Waals surface area contributed by atoms with E-state index in [2.05, 4.69) is 10.2 Å². The molecule has 0 radical (unpaired) electrons. The van der Waals surface area contributed by atoms with Gasteiger partial charge < -0.3 is 16.0 Å². The molecule has 0 aromatic carbocycles. The lowest BCUT2D eigenvalue weighted by Gasteiger charge is -2.37. The first-order chi connectivity index (χ1) is 11.8. The predicted octanol–water partition coefficient (Wildman–Crippen LogP) is 2.79. The summed E-state index contributed by atoms with van der Waals surface area (Å²) in [5.41, 5.74) is 9.22. The van der Waals surface area contributed by atoms with Gasteiger partial charge in [0.05, 0.1) is 5.69 Å². The van der Waals surface area contributed by atoms with Crippen molar-refractivity contribution in [3.05, 3.63) is 11.3 Å². The molecule has 0 amide bonds. The number of aromatic nitrogens is 2. The average Bonchev–Trinajstić information content (AvgIpc) is 3.09. The highest BCUT2D eigenvalue weighted by Gasteiger charge is 2.42. The van der Waals surface area contributed by atoms with E-state index in [9.17, 15) is 0 Å². The molecule has 0 atom stereocenters. The molecule has 132 valence electrons. The second-order valence-electron chi connectivity index (χ2n) is 7.87. The standard InChI is InChI=1S/C19H31N5/c20-18-22-16-15(7-5-10-19(16)8-1-2-9-19)17(23-18)24-13-4-3-11-21-12-6-14-24/h21H,1-14H2,(H2,20,22,23). The quantitative estimate of drug-likeness (QED) is 0.829. The summed E-state index contributed by atoms with van der Waals surface area (Å²) in [4.78, 5) is 12.0. The molecule has 4 rings (SSSR count). The van der Waals surface area contributed by atoms with Crippen LogP contribution in [0.2, 0.25) is 0 Å². The molecule has 1 spiro atoms. The highest BCUT2D eigenvalue weighted by molar-refractivity contribution is 5.55. The second-order valence-corrected chi connectivity index (χ2v) is 7.87. The predicted molar refractivity (Wildman–Crippen MR) is 98.5 cm³/mol. The van der Waals surface area contributed by atoms with Crippen molar-refractivity contribution in [1.82, 2.24) is 15.3 Å². The highest BCUT2D eigenvalue weighted by atomic mass is 15.2. The third-order valence-electron chi connectivity index (χ3n) is 6.26. The minimum absolute atomic E-state index is 0.306. The number of hydrogen-bond acceptors (Lipinski definition) is 5. The lowest BCUT2D eigenvalue weighted by Crippen LogP contribution is -2.34. The van der Waals surface area contributed by atoms with Crippen LogP contribution < -0.4 is 16.0 Å². The fraction of sp³-hybridized carbons (Fsp3) is 0.789. The molecule has 1 aromatic rings. The minimum atomic E-state index is 0.306. The van der Waals surface area contributed by atoms with Crippen LogP contribution in [0.4, 0.5) is 11.8 Å². The molecule has 3 N–H and O–H groups in total. The van der Waals surface area contributed by atoms with Gasteiger partial charge in [0.1, 0.15) is 5.82 Å². The Morgan fingerprint density at radius 3 is 2.50 bits per heavy atom. The van der Waals surface area contributed by atoms with Crippen LogP contribution in [0, 0.1) is 0 Å². The molecule has 3 aliphatic rings. The van der Waals surface area contributed by atoms with Gasteiger partial charge in [0.2, 0.25) is 5.95 Å². The number of anilines is 2. The number of nitrogen functional groups attached to an aromatic ring is 1. The number of hydrogen-bond donors (Lipinski definition) is 2. The van der Waals surface area contributed by atoms with Gasteiger partial charge in [-0.1, -0.05) is 12.8 Å². The lowest BCUT2D eigenvalue weighted by molar-refractivity contribution is 0.357. The Labute approximate surface area is 145 Å². The summed E-state index contributed by atoms with van der Waals surface area (Å²) in [6, 6.07) is 0. The molecule has 1 aliphatic heterocycles. The van der Waals surface area contributed by atoms with Crippen molar-refractivity contribution < 1.29 is 0 Å². The molecule has 0 bridgehead atoms. The molecule has 2 heterocycles. The van der Waals surface area contributed by atoms with E-state index in [-0.39, 0.29) is 0 Å². The SMILES string of the molecule is Nc1nc(N2CCCCNCCC2)c2c(n1)C1(CCCC1)CCC2. The smallest absolute Gasteiger partial charge is 0.222 e.